The smallest absolute Gasteiger partial charge is 0.0325 e. The molecule has 2 aliphatic rings. The first-order valence-corrected chi connectivity index (χ1v) is 7.35. The van der Waals surface area contributed by atoms with Gasteiger partial charge in [0.15, 0.2) is 0 Å². The molecule has 2 rings (SSSR count). The van der Waals surface area contributed by atoms with E-state index in [4.69, 9.17) is 0 Å². The van der Waals surface area contributed by atoms with Crippen LogP contribution in [0.4, 0.5) is 0 Å². The molecule has 0 radical (unpaired) electrons. The van der Waals surface area contributed by atoms with Crippen molar-refractivity contribution in [2.24, 2.45) is 0 Å². The Balaban J connectivity index is 0.000000145. The second-order valence-electron chi connectivity index (χ2n) is 2.96. The fraction of sp³-hybridized carbons (Fsp3) is 0.778. The van der Waals surface area contributed by atoms with Crippen molar-refractivity contribution in [2.45, 2.75) is 12.8 Å². The summed E-state index contributed by atoms with van der Waals surface area (Å²) in [6.45, 7) is 1.14. The van der Waals surface area contributed by atoms with Crippen LogP contribution in [0.1, 0.15) is 12.8 Å². The molecular weight excluding hydrogens is 202 g/mol. The molecule has 0 spiro atoms. The van der Waals surface area contributed by atoms with Gasteiger partial charge in [0.05, 0.1) is 0 Å². The zero-order valence-electron chi connectivity index (χ0n) is 7.83. The molecule has 0 aliphatic carbocycles. The summed E-state index contributed by atoms with van der Waals surface area (Å²) in [5, 5.41) is 3.04. The van der Waals surface area contributed by atoms with Gasteiger partial charge in [-0.15, -0.1) is 0 Å². The number of hydrogen-bond donors (Lipinski definition) is 1. The molecule has 0 saturated carbocycles. The summed E-state index contributed by atoms with van der Waals surface area (Å²) in [7, 11) is -0.478. The first-order chi connectivity index (χ1) is 6.39. The maximum atomic E-state index is 10.8. The van der Waals surface area contributed by atoms with Crippen LogP contribution in [0.25, 0.3) is 0 Å². The van der Waals surface area contributed by atoms with Gasteiger partial charge in [0, 0.05) is 34.6 Å². The Hall–Kier alpha value is 0.0400. The lowest BCUT2D eigenvalue weighted by molar-refractivity contribution is 0.683. The van der Waals surface area contributed by atoms with Gasteiger partial charge in [-0.25, -0.2) is 0 Å². The first kappa shape index (κ1) is 11.1. The van der Waals surface area contributed by atoms with Crippen LogP contribution >= 0.6 is 11.8 Å². The second-order valence-corrected chi connectivity index (χ2v) is 5.88. The molecular formula is C9H17NOS2. The molecule has 1 atom stereocenters. The third kappa shape index (κ3) is 6.16. The van der Waals surface area contributed by atoms with Gasteiger partial charge in [-0.3, -0.25) is 4.21 Å². The molecule has 2 aliphatic heterocycles. The molecule has 0 aromatic heterocycles. The Morgan fingerprint density at radius 2 is 2.23 bits per heavy atom. The fourth-order valence-corrected chi connectivity index (χ4v) is 3.72. The molecule has 76 valence electrons. The monoisotopic (exact) mass is 219 g/mol. The molecule has 4 heteroatoms. The maximum absolute atomic E-state index is 10.8. The van der Waals surface area contributed by atoms with Crippen molar-refractivity contribution in [3.05, 3.63) is 12.3 Å². The third-order valence-corrected chi connectivity index (χ3v) is 4.54. The summed E-state index contributed by atoms with van der Waals surface area (Å²) < 4.78 is 10.8. The van der Waals surface area contributed by atoms with E-state index in [1.807, 2.05) is 18.0 Å². The van der Waals surface area contributed by atoms with Gasteiger partial charge in [0.2, 0.25) is 0 Å². The Labute approximate surface area is 87.0 Å². The van der Waals surface area contributed by atoms with Crippen LogP contribution in [0.5, 0.6) is 0 Å². The summed E-state index contributed by atoms with van der Waals surface area (Å²) in [5.41, 5.74) is 0. The van der Waals surface area contributed by atoms with Gasteiger partial charge in [-0.1, -0.05) is 6.08 Å². The minimum absolute atomic E-state index is 0.478. The molecule has 2 heterocycles. The van der Waals surface area contributed by atoms with Crippen LogP contribution in [-0.2, 0) is 10.8 Å². The second kappa shape index (κ2) is 7.44. The first-order valence-electron chi connectivity index (χ1n) is 4.71. The van der Waals surface area contributed by atoms with Crippen LogP contribution in [0, 0.1) is 0 Å². The van der Waals surface area contributed by atoms with Gasteiger partial charge >= 0.3 is 0 Å². The van der Waals surface area contributed by atoms with Crippen LogP contribution in [0.3, 0.4) is 0 Å². The van der Waals surface area contributed by atoms with E-state index in [1.165, 1.54) is 12.2 Å². The Kier molecular flexibility index (Phi) is 6.37. The lowest BCUT2D eigenvalue weighted by Gasteiger charge is -1.88. The van der Waals surface area contributed by atoms with Crippen molar-refractivity contribution < 1.29 is 4.21 Å². The van der Waals surface area contributed by atoms with Crippen molar-refractivity contribution in [3.8, 4) is 0 Å². The molecule has 2 nitrogen and oxygen atoms in total. The molecule has 0 aromatic rings. The van der Waals surface area contributed by atoms with Gasteiger partial charge < -0.3 is 5.32 Å². The quantitative estimate of drug-likeness (QED) is 0.667. The van der Waals surface area contributed by atoms with Gasteiger partial charge in [0.1, 0.15) is 0 Å². The van der Waals surface area contributed by atoms with E-state index in [2.05, 4.69) is 11.4 Å². The van der Waals surface area contributed by atoms with E-state index in [-0.39, 0.29) is 0 Å². The van der Waals surface area contributed by atoms with Crippen molar-refractivity contribution in [2.75, 3.05) is 29.6 Å². The molecule has 1 saturated heterocycles. The zero-order valence-corrected chi connectivity index (χ0v) is 9.46. The summed E-state index contributed by atoms with van der Waals surface area (Å²) in [5.74, 6) is 4.18. The predicted molar refractivity (Wildman–Crippen MR) is 61.6 cm³/mol. The molecule has 1 fully saturated rings. The highest BCUT2D eigenvalue weighted by Gasteiger charge is 2.03. The van der Waals surface area contributed by atoms with E-state index in [9.17, 15) is 4.21 Å². The predicted octanol–water partition coefficient (Wildman–Crippen LogP) is 1.37. The molecule has 0 aromatic carbocycles. The number of nitrogens with one attached hydrogen (secondary N) is 1. The van der Waals surface area contributed by atoms with Crippen molar-refractivity contribution >= 4 is 22.6 Å². The van der Waals surface area contributed by atoms with E-state index < -0.39 is 10.8 Å². The zero-order chi connectivity index (χ0) is 9.36. The van der Waals surface area contributed by atoms with Crippen LogP contribution < -0.4 is 5.32 Å². The summed E-state index contributed by atoms with van der Waals surface area (Å²) in [6.07, 6.45) is 6.47. The summed E-state index contributed by atoms with van der Waals surface area (Å²) >= 11 is 1.93. The van der Waals surface area contributed by atoms with E-state index in [0.717, 1.165) is 30.2 Å². The SMILES string of the molecule is C1=CNCC1.O=S1CCCSCC1. The lowest BCUT2D eigenvalue weighted by atomic mass is 10.5. The van der Waals surface area contributed by atoms with Crippen molar-refractivity contribution in [1.82, 2.24) is 5.32 Å². The standard InChI is InChI=1S/C5H10OS2.C4H7N/c6-8-4-1-2-7-3-5-8;1-2-4-5-3-1/h1-5H2;1,3,5H,2,4H2. The highest BCUT2D eigenvalue weighted by molar-refractivity contribution is 8.00. The van der Waals surface area contributed by atoms with Crippen molar-refractivity contribution in [3.63, 3.8) is 0 Å². The Morgan fingerprint density at radius 3 is 2.85 bits per heavy atom. The number of hydrogen-bond acceptors (Lipinski definition) is 3. The highest BCUT2D eigenvalue weighted by Crippen LogP contribution is 2.08. The summed E-state index contributed by atoms with van der Waals surface area (Å²) in [4.78, 5) is 0. The van der Waals surface area contributed by atoms with E-state index >= 15 is 0 Å². The number of rotatable bonds is 0. The average molecular weight is 219 g/mol. The molecule has 1 unspecified atom stereocenters. The normalized spacial score (nSPS) is 26.9. The highest BCUT2D eigenvalue weighted by atomic mass is 32.2. The molecule has 13 heavy (non-hydrogen) atoms. The average Bonchev–Trinajstić information content (AvgIpc) is 2.62. The Morgan fingerprint density at radius 1 is 1.31 bits per heavy atom. The van der Waals surface area contributed by atoms with E-state index in [0.29, 0.717) is 0 Å². The minimum atomic E-state index is -0.478. The fourth-order valence-electron chi connectivity index (χ4n) is 1.09. The molecule has 1 N–H and O–H groups in total. The topological polar surface area (TPSA) is 29.1 Å². The third-order valence-electron chi connectivity index (χ3n) is 1.81. The molecule has 0 bridgehead atoms. The largest absolute Gasteiger partial charge is 0.391 e. The van der Waals surface area contributed by atoms with Gasteiger partial charge in [-0.2, -0.15) is 11.8 Å². The molecule has 0 amide bonds. The van der Waals surface area contributed by atoms with Crippen LogP contribution in [-0.4, -0.2) is 33.8 Å². The van der Waals surface area contributed by atoms with Gasteiger partial charge in [-0.05, 0) is 24.8 Å². The lowest BCUT2D eigenvalue weighted by Crippen LogP contribution is -2.00. The van der Waals surface area contributed by atoms with Crippen molar-refractivity contribution in [1.29, 1.82) is 0 Å². The minimum Gasteiger partial charge on any atom is -0.391 e. The number of thioether (sulfide) groups is 1. The maximum Gasteiger partial charge on any atom is 0.0325 e. The van der Waals surface area contributed by atoms with Crippen LogP contribution in [0.2, 0.25) is 0 Å². The van der Waals surface area contributed by atoms with E-state index in [1.54, 1.807) is 0 Å². The van der Waals surface area contributed by atoms with Crippen LogP contribution in [0.15, 0.2) is 12.3 Å². The van der Waals surface area contributed by atoms with Gasteiger partial charge in [0.25, 0.3) is 0 Å². The summed E-state index contributed by atoms with van der Waals surface area (Å²) in [6, 6.07) is 0. The Bertz CT molecular complexity index is 166.